The van der Waals surface area contributed by atoms with E-state index in [2.05, 4.69) is 15.5 Å². The fraction of sp³-hybridized carbons (Fsp3) is 0.143. The molecule has 28 heavy (non-hydrogen) atoms. The second-order valence-corrected chi connectivity index (χ2v) is 5.87. The number of carbonyl (C=O) groups is 2. The number of carbonyl (C=O) groups excluding carboxylic acids is 2. The number of benzene rings is 2. The molecule has 0 aliphatic heterocycles. The predicted octanol–water partition coefficient (Wildman–Crippen LogP) is 2.40. The first-order chi connectivity index (χ1) is 13.6. The van der Waals surface area contributed by atoms with Crippen molar-refractivity contribution >= 4 is 11.9 Å². The van der Waals surface area contributed by atoms with Crippen LogP contribution < -0.4 is 10.9 Å². The predicted molar refractivity (Wildman–Crippen MR) is 105 cm³/mol. The monoisotopic (exact) mass is 377 g/mol. The second-order valence-electron chi connectivity index (χ2n) is 5.87. The van der Waals surface area contributed by atoms with Crippen LogP contribution in [0, 0.1) is 0 Å². The average molecular weight is 377 g/mol. The van der Waals surface area contributed by atoms with Gasteiger partial charge in [0, 0.05) is 11.1 Å². The SMILES string of the molecule is CCOC(=O)CNC(=O)c1c(-c2ccccc2)c(-c2ccccc2)n[nH]c1=O. The molecule has 0 spiro atoms. The Kier molecular flexibility index (Phi) is 5.96. The maximum atomic E-state index is 12.8. The lowest BCUT2D eigenvalue weighted by atomic mass is 9.95. The van der Waals surface area contributed by atoms with Gasteiger partial charge in [-0.3, -0.25) is 14.4 Å². The summed E-state index contributed by atoms with van der Waals surface area (Å²) in [6, 6.07) is 18.3. The van der Waals surface area contributed by atoms with E-state index < -0.39 is 17.4 Å². The number of nitrogens with zero attached hydrogens (tertiary/aromatic N) is 1. The third-order valence-corrected chi connectivity index (χ3v) is 4.02. The van der Waals surface area contributed by atoms with Crippen molar-refractivity contribution in [3.05, 3.63) is 76.6 Å². The lowest BCUT2D eigenvalue weighted by Gasteiger charge is -2.13. The molecule has 2 N–H and O–H groups in total. The molecule has 0 saturated carbocycles. The highest BCUT2D eigenvalue weighted by Gasteiger charge is 2.23. The van der Waals surface area contributed by atoms with E-state index in [9.17, 15) is 14.4 Å². The summed E-state index contributed by atoms with van der Waals surface area (Å²) in [6.07, 6.45) is 0. The van der Waals surface area contributed by atoms with Crippen molar-refractivity contribution in [2.75, 3.05) is 13.2 Å². The molecule has 0 aliphatic carbocycles. The number of hydrogen-bond acceptors (Lipinski definition) is 5. The first kappa shape index (κ1) is 19.0. The third-order valence-electron chi connectivity index (χ3n) is 4.02. The van der Waals surface area contributed by atoms with Gasteiger partial charge in [0.05, 0.1) is 12.3 Å². The summed E-state index contributed by atoms with van der Waals surface area (Å²) in [6.45, 7) is 1.55. The van der Waals surface area contributed by atoms with E-state index in [1.807, 2.05) is 48.5 Å². The van der Waals surface area contributed by atoms with Crippen LogP contribution in [0.15, 0.2) is 65.5 Å². The summed E-state index contributed by atoms with van der Waals surface area (Å²) in [5, 5.41) is 9.02. The molecule has 1 aromatic heterocycles. The van der Waals surface area contributed by atoms with Gasteiger partial charge in [-0.1, -0.05) is 60.7 Å². The molecule has 0 aliphatic rings. The van der Waals surface area contributed by atoms with Crippen molar-refractivity contribution in [1.82, 2.24) is 15.5 Å². The van der Waals surface area contributed by atoms with E-state index in [4.69, 9.17) is 4.74 Å². The Hall–Kier alpha value is -3.74. The van der Waals surface area contributed by atoms with Gasteiger partial charge in [0.15, 0.2) is 0 Å². The molecular formula is C21H19N3O4. The number of ether oxygens (including phenoxy) is 1. The van der Waals surface area contributed by atoms with Gasteiger partial charge in [-0.05, 0) is 12.5 Å². The van der Waals surface area contributed by atoms with Crippen molar-refractivity contribution in [3.63, 3.8) is 0 Å². The van der Waals surface area contributed by atoms with Crippen molar-refractivity contribution in [2.45, 2.75) is 6.92 Å². The van der Waals surface area contributed by atoms with Gasteiger partial charge in [0.2, 0.25) is 0 Å². The van der Waals surface area contributed by atoms with E-state index in [1.54, 1.807) is 19.1 Å². The van der Waals surface area contributed by atoms with Crippen LogP contribution in [0.1, 0.15) is 17.3 Å². The molecule has 0 atom stereocenters. The Balaban J connectivity index is 2.12. The minimum absolute atomic E-state index is 0.107. The summed E-state index contributed by atoms with van der Waals surface area (Å²) in [4.78, 5) is 36.9. The molecule has 2 aromatic carbocycles. The van der Waals surface area contributed by atoms with E-state index >= 15 is 0 Å². The molecular weight excluding hydrogens is 358 g/mol. The summed E-state index contributed by atoms with van der Waals surface area (Å²) < 4.78 is 4.81. The van der Waals surface area contributed by atoms with Crippen molar-refractivity contribution in [1.29, 1.82) is 0 Å². The highest BCUT2D eigenvalue weighted by Crippen LogP contribution is 2.31. The van der Waals surface area contributed by atoms with Gasteiger partial charge in [0.1, 0.15) is 12.1 Å². The number of amides is 1. The number of nitrogens with one attached hydrogen (secondary N) is 2. The first-order valence-corrected chi connectivity index (χ1v) is 8.79. The maximum Gasteiger partial charge on any atom is 0.325 e. The number of H-pyrrole nitrogens is 1. The molecule has 0 fully saturated rings. The van der Waals surface area contributed by atoms with Crippen LogP contribution in [0.25, 0.3) is 22.4 Å². The standard InChI is InChI=1S/C21H19N3O4/c1-2-28-16(25)13-22-20(26)18-17(14-9-5-3-6-10-14)19(23-24-21(18)27)15-11-7-4-8-12-15/h3-12H,2,13H2,1H3,(H,22,26)(H,24,27). The second kappa shape index (κ2) is 8.77. The smallest absolute Gasteiger partial charge is 0.325 e. The van der Waals surface area contributed by atoms with Gasteiger partial charge in [-0.25, -0.2) is 5.10 Å². The maximum absolute atomic E-state index is 12.8. The molecule has 3 aromatic rings. The molecule has 0 saturated heterocycles. The van der Waals surface area contributed by atoms with E-state index in [0.717, 1.165) is 5.56 Å². The van der Waals surface area contributed by atoms with Crippen LogP contribution in [0.4, 0.5) is 0 Å². The molecule has 1 heterocycles. The minimum Gasteiger partial charge on any atom is -0.465 e. The number of aromatic nitrogens is 2. The highest BCUT2D eigenvalue weighted by molar-refractivity contribution is 6.04. The molecule has 0 unspecified atom stereocenters. The molecule has 142 valence electrons. The van der Waals surface area contributed by atoms with E-state index in [-0.39, 0.29) is 18.7 Å². The highest BCUT2D eigenvalue weighted by atomic mass is 16.5. The zero-order chi connectivity index (χ0) is 19.9. The van der Waals surface area contributed by atoms with E-state index in [1.165, 1.54) is 0 Å². The first-order valence-electron chi connectivity index (χ1n) is 8.79. The third kappa shape index (κ3) is 4.15. The van der Waals surface area contributed by atoms with Gasteiger partial charge < -0.3 is 10.1 Å². The normalized spacial score (nSPS) is 10.3. The van der Waals surface area contributed by atoms with Gasteiger partial charge in [-0.2, -0.15) is 5.10 Å². The molecule has 7 nitrogen and oxygen atoms in total. The quantitative estimate of drug-likeness (QED) is 0.643. The molecule has 0 radical (unpaired) electrons. The van der Waals surface area contributed by atoms with Crippen LogP contribution in [-0.2, 0) is 9.53 Å². The largest absolute Gasteiger partial charge is 0.465 e. The topological polar surface area (TPSA) is 101 Å². The number of hydrogen-bond donors (Lipinski definition) is 2. The zero-order valence-electron chi connectivity index (χ0n) is 15.3. The van der Waals surface area contributed by atoms with Crippen LogP contribution in [0.5, 0.6) is 0 Å². The van der Waals surface area contributed by atoms with Crippen molar-refractivity contribution in [2.24, 2.45) is 0 Å². The Labute approximate surface area is 161 Å². The molecule has 3 rings (SSSR count). The molecule has 0 bridgehead atoms. The lowest BCUT2D eigenvalue weighted by molar-refractivity contribution is -0.141. The van der Waals surface area contributed by atoms with Crippen LogP contribution in [-0.4, -0.2) is 35.2 Å². The Morgan fingerprint density at radius 2 is 1.61 bits per heavy atom. The van der Waals surface area contributed by atoms with Crippen molar-refractivity contribution in [3.8, 4) is 22.4 Å². The summed E-state index contributed by atoms with van der Waals surface area (Å²) in [5.74, 6) is -1.25. The van der Waals surface area contributed by atoms with E-state index in [0.29, 0.717) is 16.8 Å². The average Bonchev–Trinajstić information content (AvgIpc) is 2.73. The van der Waals surface area contributed by atoms with Gasteiger partial charge in [-0.15, -0.1) is 0 Å². The fourth-order valence-electron chi connectivity index (χ4n) is 2.81. The Morgan fingerprint density at radius 1 is 1.00 bits per heavy atom. The van der Waals surface area contributed by atoms with Crippen molar-refractivity contribution < 1.29 is 14.3 Å². The number of rotatable bonds is 6. The van der Waals surface area contributed by atoms with Gasteiger partial charge >= 0.3 is 5.97 Å². The zero-order valence-corrected chi connectivity index (χ0v) is 15.3. The van der Waals surface area contributed by atoms with Gasteiger partial charge in [0.25, 0.3) is 11.5 Å². The minimum atomic E-state index is -0.673. The summed E-state index contributed by atoms with van der Waals surface area (Å²) in [5.41, 5.74) is 1.53. The molecule has 7 heteroatoms. The Bertz CT molecular complexity index is 1030. The van der Waals surface area contributed by atoms with Crippen LogP contribution in [0.2, 0.25) is 0 Å². The summed E-state index contributed by atoms with van der Waals surface area (Å²) in [7, 11) is 0. The lowest BCUT2D eigenvalue weighted by Crippen LogP contribution is -2.35. The van der Waals surface area contributed by atoms with Crippen LogP contribution in [0.3, 0.4) is 0 Å². The van der Waals surface area contributed by atoms with Crippen LogP contribution >= 0.6 is 0 Å². The summed E-state index contributed by atoms with van der Waals surface area (Å²) >= 11 is 0. The molecule has 1 amide bonds. The number of aromatic amines is 1. The Morgan fingerprint density at radius 3 is 2.21 bits per heavy atom. The number of esters is 1. The fourth-order valence-corrected chi connectivity index (χ4v) is 2.81.